The third-order valence-corrected chi connectivity index (χ3v) is 3.95. The van der Waals surface area contributed by atoms with Gasteiger partial charge in [-0.2, -0.15) is 11.8 Å². The molecule has 0 spiro atoms. The van der Waals surface area contributed by atoms with Crippen molar-refractivity contribution in [1.82, 2.24) is 20.6 Å². The molecule has 6 N–H and O–H groups in total. The molecular weight excluding hydrogens is 334 g/mol. The van der Waals surface area contributed by atoms with Crippen molar-refractivity contribution in [2.75, 3.05) is 12.0 Å². The molecule has 9 nitrogen and oxygen atoms in total. The average Bonchev–Trinajstić information content (AvgIpc) is 3.03. The molecule has 0 unspecified atom stereocenters. The van der Waals surface area contributed by atoms with Gasteiger partial charge < -0.3 is 26.5 Å². The van der Waals surface area contributed by atoms with E-state index in [0.29, 0.717) is 17.9 Å². The SMILES string of the molecule is CSCC[C@H](NC(=O)[C@@H](N)Cc1cnc[nH]1)C(=O)N[C@@H](C)C(=O)O. The lowest BCUT2D eigenvalue weighted by molar-refractivity contribution is -0.141. The molecule has 1 aromatic rings. The van der Waals surface area contributed by atoms with Crippen LogP contribution in [-0.2, 0) is 20.8 Å². The average molecular weight is 357 g/mol. The number of carboxylic acid groups (broad SMARTS) is 1. The maximum Gasteiger partial charge on any atom is 0.325 e. The van der Waals surface area contributed by atoms with Crippen molar-refractivity contribution in [2.45, 2.75) is 37.9 Å². The summed E-state index contributed by atoms with van der Waals surface area (Å²) in [5.74, 6) is -1.53. The first-order valence-electron chi connectivity index (χ1n) is 7.40. The Morgan fingerprint density at radius 3 is 2.62 bits per heavy atom. The summed E-state index contributed by atoms with van der Waals surface area (Å²) < 4.78 is 0. The number of nitrogens with two attached hydrogens (primary N) is 1. The summed E-state index contributed by atoms with van der Waals surface area (Å²) >= 11 is 1.52. The molecule has 1 rings (SSSR count). The summed E-state index contributed by atoms with van der Waals surface area (Å²) in [4.78, 5) is 41.9. The van der Waals surface area contributed by atoms with Gasteiger partial charge in [-0.1, -0.05) is 0 Å². The van der Waals surface area contributed by atoms with Crippen LogP contribution in [0, 0.1) is 0 Å². The first-order chi connectivity index (χ1) is 11.3. The topological polar surface area (TPSA) is 150 Å². The number of carbonyl (C=O) groups excluding carboxylic acids is 2. The second-order valence-corrected chi connectivity index (χ2v) is 6.28. The summed E-state index contributed by atoms with van der Waals surface area (Å²) in [6.45, 7) is 1.36. The highest BCUT2D eigenvalue weighted by Crippen LogP contribution is 2.03. The van der Waals surface area contributed by atoms with E-state index in [1.165, 1.54) is 25.0 Å². The van der Waals surface area contributed by atoms with E-state index in [1.54, 1.807) is 6.20 Å². The zero-order valence-corrected chi connectivity index (χ0v) is 14.4. The van der Waals surface area contributed by atoms with E-state index in [0.717, 1.165) is 0 Å². The molecule has 0 saturated carbocycles. The number of aromatic nitrogens is 2. The predicted molar refractivity (Wildman–Crippen MR) is 90.4 cm³/mol. The Kier molecular flexibility index (Phi) is 8.27. The second-order valence-electron chi connectivity index (χ2n) is 5.30. The molecule has 10 heteroatoms. The standard InChI is InChI=1S/C14H23N5O4S/c1-8(14(22)23)18-13(21)11(3-4-24-2)19-12(20)10(15)5-9-6-16-7-17-9/h6-8,10-11H,3-5,15H2,1-2H3,(H,16,17)(H,18,21)(H,19,20)(H,22,23)/t8-,10-,11-/m0/s1. The number of carboxylic acids is 1. The number of nitrogens with one attached hydrogen (secondary N) is 3. The highest BCUT2D eigenvalue weighted by atomic mass is 32.2. The van der Waals surface area contributed by atoms with E-state index >= 15 is 0 Å². The second kappa shape index (κ2) is 9.93. The molecule has 0 aromatic carbocycles. The number of hydrogen-bond donors (Lipinski definition) is 5. The number of thioether (sulfide) groups is 1. The van der Waals surface area contributed by atoms with Gasteiger partial charge in [0.2, 0.25) is 11.8 Å². The number of amides is 2. The van der Waals surface area contributed by atoms with Crippen molar-refractivity contribution in [1.29, 1.82) is 0 Å². The minimum atomic E-state index is -1.14. The van der Waals surface area contributed by atoms with Crippen molar-refractivity contribution >= 4 is 29.5 Å². The zero-order chi connectivity index (χ0) is 18.1. The molecule has 1 aromatic heterocycles. The zero-order valence-electron chi connectivity index (χ0n) is 13.6. The fraction of sp³-hybridized carbons (Fsp3) is 0.571. The molecule has 3 atom stereocenters. The maximum atomic E-state index is 12.2. The van der Waals surface area contributed by atoms with Crippen LogP contribution in [0.4, 0.5) is 0 Å². The van der Waals surface area contributed by atoms with Crippen molar-refractivity contribution in [3.05, 3.63) is 18.2 Å². The van der Waals surface area contributed by atoms with Gasteiger partial charge in [0.15, 0.2) is 0 Å². The number of imidazole rings is 1. The Labute approximate surface area is 144 Å². The van der Waals surface area contributed by atoms with Gasteiger partial charge in [-0.3, -0.25) is 14.4 Å². The van der Waals surface area contributed by atoms with Crippen LogP contribution in [-0.4, -0.2) is 63.0 Å². The van der Waals surface area contributed by atoms with E-state index in [4.69, 9.17) is 10.8 Å². The molecular formula is C14H23N5O4S. The fourth-order valence-corrected chi connectivity index (χ4v) is 2.36. The third kappa shape index (κ3) is 6.59. The fourth-order valence-electron chi connectivity index (χ4n) is 1.88. The lowest BCUT2D eigenvalue weighted by Crippen LogP contribution is -2.54. The maximum absolute atomic E-state index is 12.2. The highest BCUT2D eigenvalue weighted by Gasteiger charge is 2.26. The van der Waals surface area contributed by atoms with E-state index in [2.05, 4.69) is 20.6 Å². The van der Waals surface area contributed by atoms with Crippen LogP contribution in [0.3, 0.4) is 0 Å². The molecule has 0 fully saturated rings. The normalized spacial score (nSPS) is 14.5. The van der Waals surface area contributed by atoms with Gasteiger partial charge in [-0.25, -0.2) is 4.98 Å². The van der Waals surface area contributed by atoms with E-state index in [9.17, 15) is 14.4 Å². The number of carbonyl (C=O) groups is 3. The molecule has 0 radical (unpaired) electrons. The lowest BCUT2D eigenvalue weighted by atomic mass is 10.1. The Balaban J connectivity index is 2.64. The smallest absolute Gasteiger partial charge is 0.325 e. The van der Waals surface area contributed by atoms with E-state index in [1.807, 2.05) is 6.26 Å². The highest BCUT2D eigenvalue weighted by molar-refractivity contribution is 7.98. The van der Waals surface area contributed by atoms with Crippen LogP contribution in [0.15, 0.2) is 12.5 Å². The Morgan fingerprint density at radius 1 is 1.38 bits per heavy atom. The van der Waals surface area contributed by atoms with E-state index < -0.39 is 35.9 Å². The van der Waals surface area contributed by atoms with Gasteiger partial charge in [-0.05, 0) is 25.4 Å². The minimum absolute atomic E-state index is 0.258. The quantitative estimate of drug-likeness (QED) is 0.364. The molecule has 0 saturated heterocycles. The minimum Gasteiger partial charge on any atom is -0.480 e. The first kappa shape index (κ1) is 20.0. The number of nitrogens with zero attached hydrogens (tertiary/aromatic N) is 1. The van der Waals surface area contributed by atoms with Crippen LogP contribution in [0.1, 0.15) is 19.0 Å². The number of aromatic amines is 1. The van der Waals surface area contributed by atoms with Crippen LogP contribution >= 0.6 is 11.8 Å². The Morgan fingerprint density at radius 2 is 2.08 bits per heavy atom. The number of hydrogen-bond acceptors (Lipinski definition) is 6. The number of rotatable bonds is 10. The number of H-pyrrole nitrogens is 1. The number of aliphatic carboxylic acids is 1. The van der Waals surface area contributed by atoms with Gasteiger partial charge in [0.25, 0.3) is 0 Å². The van der Waals surface area contributed by atoms with Gasteiger partial charge in [0.05, 0.1) is 12.4 Å². The summed E-state index contributed by atoms with van der Waals surface area (Å²) in [6.07, 6.45) is 5.57. The van der Waals surface area contributed by atoms with Gasteiger partial charge in [0, 0.05) is 18.3 Å². The molecule has 0 aliphatic rings. The summed E-state index contributed by atoms with van der Waals surface area (Å²) in [5.41, 5.74) is 6.55. The summed E-state index contributed by atoms with van der Waals surface area (Å²) in [6, 6.07) is -2.71. The molecule has 134 valence electrons. The van der Waals surface area contributed by atoms with Gasteiger partial charge in [0.1, 0.15) is 12.1 Å². The van der Waals surface area contributed by atoms with Crippen molar-refractivity contribution in [3.8, 4) is 0 Å². The predicted octanol–water partition coefficient (Wildman–Crippen LogP) is -0.893. The van der Waals surface area contributed by atoms with Gasteiger partial charge in [-0.15, -0.1) is 0 Å². The lowest BCUT2D eigenvalue weighted by Gasteiger charge is -2.21. The first-order valence-corrected chi connectivity index (χ1v) is 8.79. The van der Waals surface area contributed by atoms with Crippen LogP contribution in [0.5, 0.6) is 0 Å². The Bertz CT molecular complexity index is 551. The largest absolute Gasteiger partial charge is 0.480 e. The van der Waals surface area contributed by atoms with Crippen molar-refractivity contribution in [3.63, 3.8) is 0 Å². The van der Waals surface area contributed by atoms with Crippen molar-refractivity contribution < 1.29 is 19.5 Å². The molecule has 1 heterocycles. The van der Waals surface area contributed by atoms with E-state index in [-0.39, 0.29) is 6.42 Å². The van der Waals surface area contributed by atoms with Gasteiger partial charge >= 0.3 is 5.97 Å². The molecule has 2 amide bonds. The monoisotopic (exact) mass is 357 g/mol. The van der Waals surface area contributed by atoms with Crippen LogP contribution in [0.25, 0.3) is 0 Å². The molecule has 24 heavy (non-hydrogen) atoms. The van der Waals surface area contributed by atoms with Crippen LogP contribution < -0.4 is 16.4 Å². The summed E-state index contributed by atoms with van der Waals surface area (Å²) in [7, 11) is 0. The third-order valence-electron chi connectivity index (χ3n) is 3.30. The molecule has 0 bridgehead atoms. The van der Waals surface area contributed by atoms with Crippen LogP contribution in [0.2, 0.25) is 0 Å². The Hall–Kier alpha value is -2.07. The molecule has 0 aliphatic carbocycles. The summed E-state index contributed by atoms with van der Waals surface area (Å²) in [5, 5.41) is 13.8. The molecule has 0 aliphatic heterocycles. The van der Waals surface area contributed by atoms with Crippen molar-refractivity contribution in [2.24, 2.45) is 5.73 Å².